The van der Waals surface area contributed by atoms with Crippen molar-refractivity contribution in [1.82, 2.24) is 15.6 Å². The van der Waals surface area contributed by atoms with Crippen LogP contribution in [0.3, 0.4) is 0 Å². The van der Waals surface area contributed by atoms with E-state index >= 15 is 0 Å². The summed E-state index contributed by atoms with van der Waals surface area (Å²) in [6, 6.07) is 9.28. The summed E-state index contributed by atoms with van der Waals surface area (Å²) in [5, 5.41) is 5.84. The van der Waals surface area contributed by atoms with Gasteiger partial charge in [-0.15, -0.1) is 0 Å². The lowest BCUT2D eigenvalue weighted by Crippen LogP contribution is -2.36. The first-order chi connectivity index (χ1) is 11.1. The van der Waals surface area contributed by atoms with E-state index in [4.69, 9.17) is 0 Å². The molecule has 5 nitrogen and oxygen atoms in total. The number of amides is 2. The SMILES string of the molecule is CC(=O)c1ccc2c(c1)CCC2NC(=O)NCc1cccnc1. The average Bonchev–Trinajstić information content (AvgIpc) is 2.96. The van der Waals surface area contributed by atoms with Crippen LogP contribution in [0.4, 0.5) is 4.79 Å². The van der Waals surface area contributed by atoms with Crippen molar-refractivity contribution in [3.8, 4) is 0 Å². The molecule has 3 rings (SSSR count). The average molecular weight is 309 g/mol. The monoisotopic (exact) mass is 309 g/mol. The number of carbonyl (C=O) groups excluding carboxylic acids is 2. The van der Waals surface area contributed by atoms with Gasteiger partial charge in [0.05, 0.1) is 6.04 Å². The fourth-order valence-electron chi connectivity index (χ4n) is 2.88. The van der Waals surface area contributed by atoms with E-state index in [1.54, 1.807) is 19.3 Å². The molecule has 1 unspecified atom stereocenters. The standard InChI is InChI=1S/C18H19N3O2/c1-12(22)14-4-6-16-15(9-14)5-7-17(16)21-18(23)20-11-13-3-2-8-19-10-13/h2-4,6,8-10,17H,5,7,11H2,1H3,(H2,20,21,23). The Morgan fingerprint density at radius 2 is 2.17 bits per heavy atom. The van der Waals surface area contributed by atoms with Crippen LogP contribution in [0.2, 0.25) is 0 Å². The maximum absolute atomic E-state index is 12.1. The number of nitrogens with zero attached hydrogens (tertiary/aromatic N) is 1. The second-order valence-corrected chi connectivity index (χ2v) is 5.75. The Bertz CT molecular complexity index is 728. The molecule has 23 heavy (non-hydrogen) atoms. The number of hydrogen-bond acceptors (Lipinski definition) is 3. The molecule has 5 heteroatoms. The third-order valence-corrected chi connectivity index (χ3v) is 4.11. The first-order valence-electron chi connectivity index (χ1n) is 7.70. The molecule has 0 saturated carbocycles. The minimum Gasteiger partial charge on any atom is -0.334 e. The molecule has 1 heterocycles. The van der Waals surface area contributed by atoms with Crippen LogP contribution in [0, 0.1) is 0 Å². The van der Waals surface area contributed by atoms with E-state index in [-0.39, 0.29) is 17.9 Å². The molecule has 0 spiro atoms. The van der Waals surface area contributed by atoms with Crippen LogP contribution in [0.1, 0.15) is 46.4 Å². The zero-order valence-corrected chi connectivity index (χ0v) is 13.0. The molecule has 2 aromatic rings. The fourth-order valence-corrected chi connectivity index (χ4v) is 2.88. The number of rotatable bonds is 4. The molecule has 0 saturated heterocycles. The van der Waals surface area contributed by atoms with Crippen molar-refractivity contribution in [2.45, 2.75) is 32.4 Å². The summed E-state index contributed by atoms with van der Waals surface area (Å²) in [6.45, 7) is 2.01. The molecule has 0 fully saturated rings. The quantitative estimate of drug-likeness (QED) is 0.853. The van der Waals surface area contributed by atoms with Gasteiger partial charge in [0.2, 0.25) is 0 Å². The normalized spacial score (nSPS) is 15.8. The van der Waals surface area contributed by atoms with E-state index in [1.807, 2.05) is 30.3 Å². The van der Waals surface area contributed by atoms with Crippen molar-refractivity contribution in [2.24, 2.45) is 0 Å². The maximum Gasteiger partial charge on any atom is 0.315 e. The molecule has 1 aromatic heterocycles. The van der Waals surface area contributed by atoms with Crippen LogP contribution in [-0.4, -0.2) is 16.8 Å². The fraction of sp³-hybridized carbons (Fsp3) is 0.278. The van der Waals surface area contributed by atoms with Gasteiger partial charge >= 0.3 is 6.03 Å². The zero-order chi connectivity index (χ0) is 16.2. The third-order valence-electron chi connectivity index (χ3n) is 4.11. The minimum atomic E-state index is -0.192. The summed E-state index contributed by atoms with van der Waals surface area (Å²) in [6.07, 6.45) is 5.17. The maximum atomic E-state index is 12.1. The van der Waals surface area contributed by atoms with Crippen molar-refractivity contribution < 1.29 is 9.59 Å². The lowest BCUT2D eigenvalue weighted by atomic mass is 10.0. The summed E-state index contributed by atoms with van der Waals surface area (Å²) in [4.78, 5) is 27.5. The molecule has 1 aromatic carbocycles. The van der Waals surface area contributed by atoms with Crippen molar-refractivity contribution in [3.63, 3.8) is 0 Å². The number of Topliss-reactive ketones (excluding diaryl/α,β-unsaturated/α-hetero) is 1. The Morgan fingerprint density at radius 3 is 2.91 bits per heavy atom. The zero-order valence-electron chi connectivity index (χ0n) is 13.0. The van der Waals surface area contributed by atoms with Gasteiger partial charge < -0.3 is 10.6 Å². The van der Waals surface area contributed by atoms with Crippen LogP contribution in [-0.2, 0) is 13.0 Å². The van der Waals surface area contributed by atoms with E-state index in [1.165, 1.54) is 0 Å². The molecule has 118 valence electrons. The number of benzene rings is 1. The highest BCUT2D eigenvalue weighted by atomic mass is 16.2. The number of aromatic nitrogens is 1. The molecular weight excluding hydrogens is 290 g/mol. The van der Waals surface area contributed by atoms with Gasteiger partial charge in [-0.3, -0.25) is 9.78 Å². The van der Waals surface area contributed by atoms with Crippen LogP contribution < -0.4 is 10.6 Å². The second kappa shape index (κ2) is 6.60. The summed E-state index contributed by atoms with van der Waals surface area (Å²) in [5.41, 5.74) is 3.94. The number of carbonyl (C=O) groups is 2. The molecule has 1 aliphatic carbocycles. The van der Waals surface area contributed by atoms with Gasteiger partial charge in [0.1, 0.15) is 0 Å². The summed E-state index contributed by atoms with van der Waals surface area (Å²) < 4.78 is 0. The van der Waals surface area contributed by atoms with Crippen molar-refractivity contribution in [2.75, 3.05) is 0 Å². The lowest BCUT2D eigenvalue weighted by Gasteiger charge is -2.15. The Hall–Kier alpha value is -2.69. The highest BCUT2D eigenvalue weighted by Gasteiger charge is 2.24. The Morgan fingerprint density at radius 1 is 1.30 bits per heavy atom. The van der Waals surface area contributed by atoms with Gasteiger partial charge in [-0.05, 0) is 48.6 Å². The second-order valence-electron chi connectivity index (χ2n) is 5.75. The topological polar surface area (TPSA) is 71.1 Å². The highest BCUT2D eigenvalue weighted by molar-refractivity contribution is 5.94. The molecule has 2 N–H and O–H groups in total. The van der Waals surface area contributed by atoms with E-state index in [2.05, 4.69) is 15.6 Å². The third kappa shape index (κ3) is 3.56. The van der Waals surface area contributed by atoms with Crippen molar-refractivity contribution in [3.05, 3.63) is 65.0 Å². The molecule has 1 atom stereocenters. The van der Waals surface area contributed by atoms with Gasteiger partial charge in [0, 0.05) is 24.5 Å². The number of aryl methyl sites for hydroxylation is 1. The molecule has 0 radical (unpaired) electrons. The number of nitrogens with one attached hydrogen (secondary N) is 2. The van der Waals surface area contributed by atoms with Crippen molar-refractivity contribution >= 4 is 11.8 Å². The van der Waals surface area contributed by atoms with Gasteiger partial charge in [-0.2, -0.15) is 0 Å². The summed E-state index contributed by atoms with van der Waals surface area (Å²) in [7, 11) is 0. The van der Waals surface area contributed by atoms with Gasteiger partial charge in [0.25, 0.3) is 0 Å². The highest BCUT2D eigenvalue weighted by Crippen LogP contribution is 2.31. The number of pyridine rings is 1. The van der Waals surface area contributed by atoms with Gasteiger partial charge in [-0.1, -0.05) is 18.2 Å². The largest absolute Gasteiger partial charge is 0.334 e. The lowest BCUT2D eigenvalue weighted by molar-refractivity contribution is 0.101. The molecule has 1 aliphatic rings. The van der Waals surface area contributed by atoms with Crippen molar-refractivity contribution in [1.29, 1.82) is 0 Å². The Balaban J connectivity index is 1.60. The number of ketones is 1. The Kier molecular flexibility index (Phi) is 4.37. The molecule has 0 bridgehead atoms. The van der Waals surface area contributed by atoms with E-state index in [0.29, 0.717) is 6.54 Å². The molecular formula is C18H19N3O2. The predicted octanol–water partition coefficient (Wildman–Crippen LogP) is 2.77. The smallest absolute Gasteiger partial charge is 0.315 e. The number of hydrogen-bond donors (Lipinski definition) is 2. The van der Waals surface area contributed by atoms with E-state index in [0.717, 1.165) is 35.1 Å². The number of fused-ring (bicyclic) bond motifs is 1. The van der Waals surface area contributed by atoms with E-state index in [9.17, 15) is 9.59 Å². The Labute approximate surface area is 135 Å². The molecule has 0 aliphatic heterocycles. The summed E-state index contributed by atoms with van der Waals surface area (Å²) in [5.74, 6) is 0.0680. The van der Waals surface area contributed by atoms with E-state index < -0.39 is 0 Å². The number of urea groups is 1. The van der Waals surface area contributed by atoms with Crippen LogP contribution >= 0.6 is 0 Å². The van der Waals surface area contributed by atoms with Crippen LogP contribution in [0.15, 0.2) is 42.7 Å². The van der Waals surface area contributed by atoms with Crippen LogP contribution in [0.5, 0.6) is 0 Å². The molecule has 2 amide bonds. The van der Waals surface area contributed by atoms with Crippen LogP contribution in [0.25, 0.3) is 0 Å². The first kappa shape index (κ1) is 15.2. The minimum absolute atomic E-state index is 0.0000866. The predicted molar refractivity (Wildman–Crippen MR) is 87.1 cm³/mol. The summed E-state index contributed by atoms with van der Waals surface area (Å²) >= 11 is 0. The first-order valence-corrected chi connectivity index (χ1v) is 7.70. The van der Waals surface area contributed by atoms with Gasteiger partial charge in [0.15, 0.2) is 5.78 Å². The van der Waals surface area contributed by atoms with Gasteiger partial charge in [-0.25, -0.2) is 4.79 Å².